The first-order chi connectivity index (χ1) is 13.6. The van der Waals surface area contributed by atoms with Crippen LogP contribution in [0.2, 0.25) is 0 Å². The van der Waals surface area contributed by atoms with E-state index in [0.29, 0.717) is 17.9 Å². The van der Waals surface area contributed by atoms with E-state index in [4.69, 9.17) is 4.74 Å². The van der Waals surface area contributed by atoms with E-state index >= 15 is 0 Å². The van der Waals surface area contributed by atoms with Gasteiger partial charge in [0.15, 0.2) is 0 Å². The fraction of sp³-hybridized carbons (Fsp3) is 0.174. The summed E-state index contributed by atoms with van der Waals surface area (Å²) >= 11 is 0. The Kier molecular flexibility index (Phi) is 6.76. The lowest BCUT2D eigenvalue weighted by molar-refractivity contribution is -0.115. The van der Waals surface area contributed by atoms with E-state index in [2.05, 4.69) is 10.6 Å². The van der Waals surface area contributed by atoms with Crippen molar-refractivity contribution in [3.8, 4) is 5.75 Å². The molecule has 0 unspecified atom stereocenters. The Hall–Kier alpha value is -3.18. The lowest BCUT2D eigenvalue weighted by atomic mass is 10.1. The fourth-order valence-corrected chi connectivity index (χ4v) is 2.76. The van der Waals surface area contributed by atoms with Crippen molar-refractivity contribution in [3.05, 3.63) is 95.8 Å². The first kappa shape index (κ1) is 19.6. The Morgan fingerprint density at radius 2 is 1.64 bits per heavy atom. The topological polar surface area (TPSA) is 50.4 Å². The summed E-state index contributed by atoms with van der Waals surface area (Å²) in [6.45, 7) is 2.40. The van der Waals surface area contributed by atoms with E-state index < -0.39 is 0 Å². The van der Waals surface area contributed by atoms with Crippen LogP contribution in [0.15, 0.2) is 78.9 Å². The van der Waals surface area contributed by atoms with Gasteiger partial charge in [-0.3, -0.25) is 4.79 Å². The zero-order valence-electron chi connectivity index (χ0n) is 15.7. The summed E-state index contributed by atoms with van der Waals surface area (Å²) in [6.07, 6.45) is 0. The summed E-state index contributed by atoms with van der Waals surface area (Å²) in [7, 11) is 0. The molecule has 144 valence electrons. The minimum absolute atomic E-state index is 0.0851. The smallest absolute Gasteiger partial charge is 0.238 e. The number of halogens is 1. The Labute approximate surface area is 164 Å². The molecule has 1 atom stereocenters. The Balaban J connectivity index is 1.46. The molecule has 5 heteroatoms. The highest BCUT2D eigenvalue weighted by molar-refractivity contribution is 5.92. The van der Waals surface area contributed by atoms with E-state index in [1.54, 1.807) is 30.3 Å². The highest BCUT2D eigenvalue weighted by atomic mass is 19.1. The van der Waals surface area contributed by atoms with Crippen LogP contribution < -0.4 is 15.4 Å². The van der Waals surface area contributed by atoms with Gasteiger partial charge in [-0.25, -0.2) is 4.39 Å². The lowest BCUT2D eigenvalue weighted by Gasteiger charge is -2.15. The number of hydrogen-bond donors (Lipinski definition) is 2. The zero-order chi connectivity index (χ0) is 19.8. The van der Waals surface area contributed by atoms with Gasteiger partial charge in [0.25, 0.3) is 0 Å². The SMILES string of the molecule is C[C@@H](NCC(=O)Nc1ccc(OCc2ccccc2)cc1)c1ccccc1F. The van der Waals surface area contributed by atoms with Gasteiger partial charge >= 0.3 is 0 Å². The van der Waals surface area contributed by atoms with Gasteiger partial charge in [-0.1, -0.05) is 48.5 Å². The molecule has 0 heterocycles. The molecular weight excluding hydrogens is 355 g/mol. The third-order valence-electron chi connectivity index (χ3n) is 4.33. The summed E-state index contributed by atoms with van der Waals surface area (Å²) in [5.74, 6) is 0.253. The van der Waals surface area contributed by atoms with Crippen molar-refractivity contribution in [2.24, 2.45) is 0 Å². The normalized spacial score (nSPS) is 11.6. The third kappa shape index (κ3) is 5.66. The van der Waals surface area contributed by atoms with Crippen molar-refractivity contribution in [3.63, 3.8) is 0 Å². The van der Waals surface area contributed by atoms with Crippen LogP contribution in [0.25, 0.3) is 0 Å². The maximum Gasteiger partial charge on any atom is 0.238 e. The van der Waals surface area contributed by atoms with Crippen molar-refractivity contribution in [2.75, 3.05) is 11.9 Å². The number of nitrogens with one attached hydrogen (secondary N) is 2. The molecule has 28 heavy (non-hydrogen) atoms. The fourth-order valence-electron chi connectivity index (χ4n) is 2.76. The molecule has 0 spiro atoms. The maximum atomic E-state index is 13.8. The standard InChI is InChI=1S/C23H23FN2O2/c1-17(21-9-5-6-10-22(21)24)25-15-23(27)26-19-11-13-20(14-12-19)28-16-18-7-3-2-4-8-18/h2-14,17,25H,15-16H2,1H3,(H,26,27)/t17-/m1/s1. The quantitative estimate of drug-likeness (QED) is 0.598. The molecule has 0 aliphatic carbocycles. The minimum atomic E-state index is -0.283. The van der Waals surface area contributed by atoms with Gasteiger partial charge in [-0.15, -0.1) is 0 Å². The highest BCUT2D eigenvalue weighted by Crippen LogP contribution is 2.18. The number of amides is 1. The Bertz CT molecular complexity index is 898. The average molecular weight is 378 g/mol. The summed E-state index contributed by atoms with van der Waals surface area (Å²) in [5, 5.41) is 5.85. The predicted octanol–water partition coefficient (Wildman–Crippen LogP) is 4.69. The molecule has 2 N–H and O–H groups in total. The molecular formula is C23H23FN2O2. The van der Waals surface area contributed by atoms with Crippen LogP contribution >= 0.6 is 0 Å². The van der Waals surface area contributed by atoms with Gasteiger partial charge in [-0.05, 0) is 42.8 Å². The van der Waals surface area contributed by atoms with Gasteiger partial charge in [0.05, 0.1) is 6.54 Å². The molecule has 0 aliphatic rings. The van der Waals surface area contributed by atoms with Crippen LogP contribution in [0, 0.1) is 5.82 Å². The van der Waals surface area contributed by atoms with E-state index in [9.17, 15) is 9.18 Å². The van der Waals surface area contributed by atoms with Gasteiger partial charge < -0.3 is 15.4 Å². The van der Waals surface area contributed by atoms with Crippen molar-refractivity contribution < 1.29 is 13.9 Å². The Morgan fingerprint density at radius 1 is 0.964 bits per heavy atom. The summed E-state index contributed by atoms with van der Waals surface area (Å²) in [4.78, 5) is 12.1. The van der Waals surface area contributed by atoms with Gasteiger partial charge in [-0.2, -0.15) is 0 Å². The van der Waals surface area contributed by atoms with Crippen LogP contribution in [-0.4, -0.2) is 12.5 Å². The van der Waals surface area contributed by atoms with E-state index in [1.165, 1.54) is 6.07 Å². The number of carbonyl (C=O) groups excluding carboxylic acids is 1. The summed E-state index contributed by atoms with van der Waals surface area (Å²) < 4.78 is 19.5. The van der Waals surface area contributed by atoms with E-state index in [-0.39, 0.29) is 24.3 Å². The molecule has 0 saturated heterocycles. The molecule has 0 radical (unpaired) electrons. The monoisotopic (exact) mass is 378 g/mol. The van der Waals surface area contributed by atoms with Crippen molar-refractivity contribution in [1.29, 1.82) is 0 Å². The van der Waals surface area contributed by atoms with Crippen LogP contribution in [0.3, 0.4) is 0 Å². The highest BCUT2D eigenvalue weighted by Gasteiger charge is 2.11. The molecule has 3 aromatic carbocycles. The lowest BCUT2D eigenvalue weighted by Crippen LogP contribution is -2.30. The predicted molar refractivity (Wildman–Crippen MR) is 109 cm³/mol. The molecule has 4 nitrogen and oxygen atoms in total. The minimum Gasteiger partial charge on any atom is -0.489 e. The molecule has 0 aliphatic heterocycles. The number of anilines is 1. The number of benzene rings is 3. The first-order valence-corrected chi connectivity index (χ1v) is 9.16. The Morgan fingerprint density at radius 3 is 2.36 bits per heavy atom. The number of hydrogen-bond acceptors (Lipinski definition) is 3. The summed E-state index contributed by atoms with van der Waals surface area (Å²) in [5.41, 5.74) is 2.31. The zero-order valence-corrected chi connectivity index (χ0v) is 15.7. The number of rotatable bonds is 8. The van der Waals surface area contributed by atoms with Gasteiger partial charge in [0.2, 0.25) is 5.91 Å². The van der Waals surface area contributed by atoms with Crippen LogP contribution in [0.1, 0.15) is 24.1 Å². The number of carbonyl (C=O) groups is 1. The second kappa shape index (κ2) is 9.67. The van der Waals surface area contributed by atoms with Crippen molar-refractivity contribution in [1.82, 2.24) is 5.32 Å². The first-order valence-electron chi connectivity index (χ1n) is 9.16. The average Bonchev–Trinajstić information content (AvgIpc) is 2.72. The molecule has 3 aromatic rings. The molecule has 0 aromatic heterocycles. The molecule has 1 amide bonds. The third-order valence-corrected chi connectivity index (χ3v) is 4.33. The molecule has 3 rings (SSSR count). The van der Waals surface area contributed by atoms with Crippen LogP contribution in [-0.2, 0) is 11.4 Å². The number of ether oxygens (including phenoxy) is 1. The summed E-state index contributed by atoms with van der Waals surface area (Å²) in [6, 6.07) is 23.4. The largest absolute Gasteiger partial charge is 0.489 e. The molecule has 0 bridgehead atoms. The molecule has 0 saturated carbocycles. The van der Waals surface area contributed by atoms with Gasteiger partial charge in [0.1, 0.15) is 18.2 Å². The molecule has 0 fully saturated rings. The van der Waals surface area contributed by atoms with Gasteiger partial charge in [0, 0.05) is 17.3 Å². The van der Waals surface area contributed by atoms with Crippen LogP contribution in [0.4, 0.5) is 10.1 Å². The van der Waals surface area contributed by atoms with E-state index in [0.717, 1.165) is 11.3 Å². The van der Waals surface area contributed by atoms with Crippen molar-refractivity contribution >= 4 is 11.6 Å². The maximum absolute atomic E-state index is 13.8. The van der Waals surface area contributed by atoms with Crippen LogP contribution in [0.5, 0.6) is 5.75 Å². The second-order valence-corrected chi connectivity index (χ2v) is 6.47. The van der Waals surface area contributed by atoms with Crippen molar-refractivity contribution in [2.45, 2.75) is 19.6 Å². The van der Waals surface area contributed by atoms with E-state index in [1.807, 2.05) is 49.4 Å². The second-order valence-electron chi connectivity index (χ2n) is 6.47.